The fourth-order valence-electron chi connectivity index (χ4n) is 6.80. The van der Waals surface area contributed by atoms with Gasteiger partial charge in [0.1, 0.15) is 0 Å². The number of benzene rings is 4. The minimum absolute atomic E-state index is 0. The molecule has 0 bridgehead atoms. The zero-order valence-corrected chi connectivity index (χ0v) is 37.9. The number of nitrogens with zero attached hydrogens (tertiary/aromatic N) is 2. The second kappa shape index (κ2) is 25.5. The fraction of sp³-hybridized carbons (Fsp3) is 0.417. The number of carbonyl (C=O) groups is 2. The molecule has 0 saturated carbocycles. The molecule has 4 rings (SSSR count). The molecule has 0 amide bonds. The van der Waals surface area contributed by atoms with Crippen LogP contribution in [0.4, 0.5) is 11.4 Å². The van der Waals surface area contributed by atoms with E-state index in [4.69, 9.17) is 9.98 Å². The molecule has 0 aromatic heterocycles. The molecule has 0 unspecified atom stereocenters. The number of phenols is 4. The number of hydrogen-bond acceptors (Lipinski definition) is 10. The Hall–Kier alpha value is -4.98. The Labute approximate surface area is 364 Å². The summed E-state index contributed by atoms with van der Waals surface area (Å²) < 4.78 is 0. The van der Waals surface area contributed by atoms with E-state index < -0.39 is 34.9 Å². The van der Waals surface area contributed by atoms with Crippen LogP contribution in [0.15, 0.2) is 58.5 Å². The molecule has 0 radical (unpaired) electrons. The number of aliphatic imine (C=N–C) groups is 2. The SMILES string of the molecule is CCCCC(=Nc1cc(C)cc(C)c1)C(CCCC)=Nc1cc(C)cc(C)c1.CCCc1c(C)cc(O)c(O)c1C(=O)[O-].CCCc1c(C)cc(O)c(O)c1C(=O)[O-].[Pd+2]. The van der Waals surface area contributed by atoms with Crippen molar-refractivity contribution in [2.45, 2.75) is 133 Å². The van der Waals surface area contributed by atoms with Gasteiger partial charge in [-0.25, -0.2) is 0 Å². The van der Waals surface area contributed by atoms with E-state index in [1.807, 2.05) is 13.8 Å². The third-order valence-electron chi connectivity index (χ3n) is 9.44. The van der Waals surface area contributed by atoms with Gasteiger partial charge in [-0.15, -0.1) is 0 Å². The van der Waals surface area contributed by atoms with Crippen LogP contribution < -0.4 is 10.2 Å². The summed E-state index contributed by atoms with van der Waals surface area (Å²) in [6.07, 6.45) is 9.15. The number of carboxylic acid groups (broad SMARTS) is 2. The Kier molecular flexibility index (Phi) is 22.5. The van der Waals surface area contributed by atoms with E-state index in [-0.39, 0.29) is 31.5 Å². The van der Waals surface area contributed by atoms with Gasteiger partial charge in [0.25, 0.3) is 0 Å². The van der Waals surface area contributed by atoms with Crippen LogP contribution in [0.1, 0.15) is 144 Å². The Morgan fingerprint density at radius 1 is 0.508 bits per heavy atom. The van der Waals surface area contributed by atoms with Gasteiger partial charge in [-0.05, 0) is 161 Å². The van der Waals surface area contributed by atoms with E-state index in [1.54, 1.807) is 13.8 Å². The number of carbonyl (C=O) groups excluding carboxylic acids is 2. The zero-order valence-electron chi connectivity index (χ0n) is 36.3. The largest absolute Gasteiger partial charge is 2.00 e. The smallest absolute Gasteiger partial charge is 0.545 e. The first kappa shape index (κ1) is 52.0. The van der Waals surface area contributed by atoms with Crippen molar-refractivity contribution in [2.75, 3.05) is 0 Å². The summed E-state index contributed by atoms with van der Waals surface area (Å²) in [5, 5.41) is 59.1. The van der Waals surface area contributed by atoms with Gasteiger partial charge >= 0.3 is 20.4 Å². The average Bonchev–Trinajstić information content (AvgIpc) is 3.12. The number of rotatable bonds is 15. The molecule has 4 N–H and O–H groups in total. The normalized spacial score (nSPS) is 11.2. The number of aromatic carboxylic acids is 2. The molecule has 322 valence electrons. The number of aromatic hydroxyl groups is 4. The van der Waals surface area contributed by atoms with Crippen LogP contribution in [0.25, 0.3) is 0 Å². The van der Waals surface area contributed by atoms with E-state index >= 15 is 0 Å². The summed E-state index contributed by atoms with van der Waals surface area (Å²) >= 11 is 0. The van der Waals surface area contributed by atoms with Gasteiger partial charge in [-0.1, -0.05) is 65.5 Å². The first-order chi connectivity index (χ1) is 27.4. The van der Waals surface area contributed by atoms with Gasteiger partial charge in [-0.2, -0.15) is 0 Å². The van der Waals surface area contributed by atoms with Gasteiger partial charge in [0, 0.05) is 11.1 Å². The number of phenolic OH excluding ortho intramolecular Hbond substituents is 2. The third-order valence-corrected chi connectivity index (χ3v) is 9.44. The van der Waals surface area contributed by atoms with Gasteiger partial charge in [0.05, 0.1) is 34.7 Å². The zero-order chi connectivity index (χ0) is 43.7. The molecule has 0 heterocycles. The molecule has 0 spiro atoms. The standard InChI is InChI=1S/C26H36N2.2C11H14O4.Pd/c1-7-9-11-25(27-23-15-19(3)13-20(4)16-23)26(12-10-8-2)28-24-17-21(5)14-22(6)18-24;2*1-3-4-7-6(2)5-8(12)10(13)9(7)11(14)15;/h13-18H,7-12H2,1-6H3;2*5,12-13H,3-4H2,1-2H3,(H,14,15);/q;;;+2/p-2. The maximum atomic E-state index is 10.8. The first-order valence-corrected chi connectivity index (χ1v) is 20.2. The fourth-order valence-corrected chi connectivity index (χ4v) is 6.80. The molecule has 4 aromatic rings. The van der Waals surface area contributed by atoms with E-state index in [9.17, 15) is 40.2 Å². The van der Waals surface area contributed by atoms with Crippen molar-refractivity contribution in [1.29, 1.82) is 0 Å². The minimum Gasteiger partial charge on any atom is -0.545 e. The summed E-state index contributed by atoms with van der Waals surface area (Å²) in [5.74, 6) is -4.99. The van der Waals surface area contributed by atoms with Crippen molar-refractivity contribution in [3.05, 3.63) is 104 Å². The first-order valence-electron chi connectivity index (χ1n) is 20.2. The Morgan fingerprint density at radius 3 is 1.07 bits per heavy atom. The molecule has 11 heteroatoms. The quantitative estimate of drug-likeness (QED) is 0.0516. The van der Waals surface area contributed by atoms with E-state index in [0.717, 1.165) is 74.2 Å². The predicted octanol–water partition coefficient (Wildman–Crippen LogP) is 9.59. The molecule has 0 aliphatic carbocycles. The number of aryl methyl sites for hydroxylation is 6. The van der Waals surface area contributed by atoms with Gasteiger partial charge in [0.2, 0.25) is 0 Å². The third kappa shape index (κ3) is 16.0. The maximum Gasteiger partial charge on any atom is 2.00 e. The Balaban J connectivity index is 0.000000477. The van der Waals surface area contributed by atoms with Crippen molar-refractivity contribution >= 4 is 34.7 Å². The second-order valence-corrected chi connectivity index (χ2v) is 14.9. The monoisotopic (exact) mass is 900 g/mol. The molecule has 59 heavy (non-hydrogen) atoms. The van der Waals surface area contributed by atoms with Crippen LogP contribution in [-0.2, 0) is 33.3 Å². The Morgan fingerprint density at radius 2 is 0.814 bits per heavy atom. The molecule has 4 aromatic carbocycles. The summed E-state index contributed by atoms with van der Waals surface area (Å²) in [7, 11) is 0. The van der Waals surface area contributed by atoms with Crippen LogP contribution in [0, 0.1) is 41.5 Å². The van der Waals surface area contributed by atoms with Crippen LogP contribution in [0.3, 0.4) is 0 Å². The molecular weight excluding hydrogens is 839 g/mol. The van der Waals surface area contributed by atoms with Gasteiger partial charge < -0.3 is 40.2 Å². The van der Waals surface area contributed by atoms with Crippen molar-refractivity contribution in [1.82, 2.24) is 0 Å². The summed E-state index contributed by atoms with van der Waals surface area (Å²) in [6.45, 7) is 20.2. The molecule has 10 nitrogen and oxygen atoms in total. The van der Waals surface area contributed by atoms with Crippen LogP contribution in [0.5, 0.6) is 23.0 Å². The number of carboxylic acids is 2. The summed E-state index contributed by atoms with van der Waals surface area (Å²) in [4.78, 5) is 31.9. The van der Waals surface area contributed by atoms with Gasteiger partial charge in [0.15, 0.2) is 23.0 Å². The number of unbranched alkanes of at least 4 members (excludes halogenated alkanes) is 2. The Bertz CT molecular complexity index is 1920. The summed E-state index contributed by atoms with van der Waals surface area (Å²) in [5.41, 5.74) is 11.2. The molecule has 0 atom stereocenters. The predicted molar refractivity (Wildman–Crippen MR) is 231 cm³/mol. The van der Waals surface area contributed by atoms with Gasteiger partial charge in [-0.3, -0.25) is 9.98 Å². The second-order valence-electron chi connectivity index (χ2n) is 14.9. The molecule has 0 fully saturated rings. The van der Waals surface area contributed by atoms with Crippen LogP contribution in [0.2, 0.25) is 0 Å². The van der Waals surface area contributed by atoms with Crippen LogP contribution in [-0.4, -0.2) is 43.8 Å². The topological polar surface area (TPSA) is 186 Å². The average molecular weight is 901 g/mol. The maximum absolute atomic E-state index is 10.8. The molecule has 0 aliphatic rings. The molecule has 0 aliphatic heterocycles. The van der Waals surface area contributed by atoms with Crippen LogP contribution >= 0.6 is 0 Å². The number of hydrogen-bond donors (Lipinski definition) is 4. The van der Waals surface area contributed by atoms with Crippen molar-refractivity contribution in [3.63, 3.8) is 0 Å². The van der Waals surface area contributed by atoms with Crippen molar-refractivity contribution in [3.8, 4) is 23.0 Å². The van der Waals surface area contributed by atoms with E-state index in [0.29, 0.717) is 35.1 Å². The van der Waals surface area contributed by atoms with Crippen molar-refractivity contribution < 1.29 is 60.7 Å². The van der Waals surface area contributed by atoms with Crippen molar-refractivity contribution in [2.24, 2.45) is 9.98 Å². The molecule has 0 saturated heterocycles. The van der Waals surface area contributed by atoms with E-state index in [2.05, 4.69) is 77.9 Å². The molecular formula is C48H62N2O8Pd. The summed E-state index contributed by atoms with van der Waals surface area (Å²) in [6, 6.07) is 15.8. The minimum atomic E-state index is -1.46. The van der Waals surface area contributed by atoms with E-state index in [1.165, 1.54) is 34.4 Å².